The molecular weight excluding hydrogens is 528 g/mol. The average molecular weight is 575 g/mol. The van der Waals surface area contributed by atoms with E-state index in [1.807, 2.05) is 62.4 Å². The number of amides is 2. The molecule has 4 rings (SSSR count). The Labute approximate surface area is 257 Å². The predicted molar refractivity (Wildman–Crippen MR) is 180 cm³/mol. The van der Waals surface area contributed by atoms with Crippen molar-refractivity contribution in [1.29, 1.82) is 0 Å². The molecule has 0 aliphatic rings. The van der Waals surface area contributed by atoms with Crippen molar-refractivity contribution in [1.82, 2.24) is 0 Å². The van der Waals surface area contributed by atoms with Gasteiger partial charge in [0.25, 0.3) is 0 Å². The number of carbonyl (C=O) groups is 2. The summed E-state index contributed by atoms with van der Waals surface area (Å²) in [7, 11) is 0. The number of nitrogens with one attached hydrogen (secondary N) is 2. The van der Waals surface area contributed by atoms with E-state index in [-0.39, 0.29) is 11.8 Å². The molecule has 4 heteroatoms. The fourth-order valence-corrected chi connectivity index (χ4v) is 5.89. The van der Waals surface area contributed by atoms with Crippen molar-refractivity contribution in [3.63, 3.8) is 0 Å². The maximum atomic E-state index is 13.1. The van der Waals surface area contributed by atoms with Gasteiger partial charge in [0.2, 0.25) is 11.8 Å². The Morgan fingerprint density at radius 1 is 0.512 bits per heavy atom. The average Bonchev–Trinajstić information content (AvgIpc) is 3.00. The number of hydrogen-bond acceptors (Lipinski definition) is 2. The molecule has 0 fully saturated rings. The van der Waals surface area contributed by atoms with Crippen LogP contribution in [0.15, 0.2) is 72.8 Å². The molecule has 0 bridgehead atoms. The molecule has 0 spiro atoms. The van der Waals surface area contributed by atoms with Gasteiger partial charge in [-0.05, 0) is 102 Å². The molecule has 0 heterocycles. The van der Waals surface area contributed by atoms with Crippen molar-refractivity contribution in [2.24, 2.45) is 0 Å². The molecule has 4 nitrogen and oxygen atoms in total. The standard InChI is InChI=1S/C39H46N2O2/c1-7-30-20-28(21-31(8-2)38(30)40-36(42)24-34-17-13-11-15-26(34)5)19-29-22-32(9-3)39(33(10-4)23-29)41-37(43)25-35-18-14-12-16-27(35)6/h11-18,20-23H,7-10,19,24-25H2,1-6H3,(H,40,42)(H,41,43). The van der Waals surface area contributed by atoms with Crippen LogP contribution in [-0.2, 0) is 54.5 Å². The molecule has 4 aromatic carbocycles. The second-order valence-electron chi connectivity index (χ2n) is 11.5. The number of hydrogen-bond donors (Lipinski definition) is 2. The fourth-order valence-electron chi connectivity index (χ4n) is 5.89. The highest BCUT2D eigenvalue weighted by molar-refractivity contribution is 5.95. The zero-order valence-electron chi connectivity index (χ0n) is 26.7. The lowest BCUT2D eigenvalue weighted by atomic mass is 9.92. The van der Waals surface area contributed by atoms with E-state index in [1.54, 1.807) is 0 Å². The SMILES string of the molecule is CCc1cc(Cc2cc(CC)c(NC(=O)Cc3ccccc3C)c(CC)c2)cc(CC)c1NC(=O)Cc1ccccc1C. The summed E-state index contributed by atoms with van der Waals surface area (Å²) < 4.78 is 0. The van der Waals surface area contributed by atoms with Crippen LogP contribution >= 0.6 is 0 Å². The zero-order chi connectivity index (χ0) is 30.9. The van der Waals surface area contributed by atoms with Gasteiger partial charge >= 0.3 is 0 Å². The van der Waals surface area contributed by atoms with Crippen LogP contribution in [0.25, 0.3) is 0 Å². The van der Waals surface area contributed by atoms with E-state index in [4.69, 9.17) is 0 Å². The van der Waals surface area contributed by atoms with E-state index in [0.29, 0.717) is 12.8 Å². The van der Waals surface area contributed by atoms with E-state index in [0.717, 1.165) is 65.7 Å². The molecule has 0 saturated carbocycles. The number of benzene rings is 4. The monoisotopic (exact) mass is 574 g/mol. The van der Waals surface area contributed by atoms with Crippen LogP contribution in [0.2, 0.25) is 0 Å². The Morgan fingerprint density at radius 2 is 0.837 bits per heavy atom. The van der Waals surface area contributed by atoms with Crippen LogP contribution in [0.3, 0.4) is 0 Å². The number of carbonyl (C=O) groups excluding carboxylic acids is 2. The predicted octanol–water partition coefficient (Wildman–Crippen LogP) is 8.51. The molecular formula is C39H46N2O2. The third-order valence-electron chi connectivity index (χ3n) is 8.41. The van der Waals surface area contributed by atoms with Crippen LogP contribution in [0.5, 0.6) is 0 Å². The van der Waals surface area contributed by atoms with Crippen LogP contribution in [0, 0.1) is 13.8 Å². The Morgan fingerprint density at radius 3 is 1.14 bits per heavy atom. The Hall–Kier alpha value is -4.18. The van der Waals surface area contributed by atoms with Crippen LogP contribution in [-0.4, -0.2) is 11.8 Å². The number of aryl methyl sites for hydroxylation is 6. The van der Waals surface area contributed by atoms with Gasteiger partial charge in [-0.2, -0.15) is 0 Å². The van der Waals surface area contributed by atoms with E-state index in [1.165, 1.54) is 33.4 Å². The van der Waals surface area contributed by atoms with Gasteiger partial charge in [0.15, 0.2) is 0 Å². The highest BCUT2D eigenvalue weighted by Gasteiger charge is 2.16. The molecule has 2 amide bonds. The van der Waals surface area contributed by atoms with Crippen LogP contribution < -0.4 is 10.6 Å². The highest BCUT2D eigenvalue weighted by atomic mass is 16.2. The van der Waals surface area contributed by atoms with E-state index >= 15 is 0 Å². The van der Waals surface area contributed by atoms with Crippen molar-refractivity contribution >= 4 is 23.2 Å². The minimum absolute atomic E-state index is 0.0201. The van der Waals surface area contributed by atoms with Crippen molar-refractivity contribution in [3.05, 3.63) is 128 Å². The summed E-state index contributed by atoms with van der Waals surface area (Å²) >= 11 is 0. The molecule has 0 aliphatic heterocycles. The molecule has 0 radical (unpaired) electrons. The van der Waals surface area contributed by atoms with E-state index < -0.39 is 0 Å². The van der Waals surface area contributed by atoms with Gasteiger partial charge in [-0.3, -0.25) is 9.59 Å². The van der Waals surface area contributed by atoms with Crippen molar-refractivity contribution in [2.75, 3.05) is 10.6 Å². The third-order valence-corrected chi connectivity index (χ3v) is 8.41. The Bertz CT molecular complexity index is 1430. The van der Waals surface area contributed by atoms with Crippen molar-refractivity contribution in [2.45, 2.75) is 86.5 Å². The quantitative estimate of drug-likeness (QED) is 0.178. The minimum Gasteiger partial charge on any atom is -0.325 e. The van der Waals surface area contributed by atoms with Gasteiger partial charge in [0.1, 0.15) is 0 Å². The molecule has 0 saturated heterocycles. The first-order valence-electron chi connectivity index (χ1n) is 15.7. The third kappa shape index (κ3) is 8.01. The minimum atomic E-state index is 0.0201. The summed E-state index contributed by atoms with van der Waals surface area (Å²) in [6.45, 7) is 12.7. The van der Waals surface area contributed by atoms with Gasteiger partial charge in [-0.1, -0.05) is 100 Å². The second kappa shape index (κ2) is 14.8. The lowest BCUT2D eigenvalue weighted by Gasteiger charge is -2.19. The van der Waals surface area contributed by atoms with Crippen molar-refractivity contribution < 1.29 is 9.59 Å². The largest absolute Gasteiger partial charge is 0.325 e. The van der Waals surface area contributed by atoms with Gasteiger partial charge < -0.3 is 10.6 Å². The van der Waals surface area contributed by atoms with Gasteiger partial charge in [0, 0.05) is 11.4 Å². The number of rotatable bonds is 12. The summed E-state index contributed by atoms with van der Waals surface area (Å²) in [5, 5.41) is 6.50. The molecule has 0 aromatic heterocycles. The fraction of sp³-hybridized carbons (Fsp3) is 0.333. The van der Waals surface area contributed by atoms with Crippen LogP contribution in [0.4, 0.5) is 11.4 Å². The highest BCUT2D eigenvalue weighted by Crippen LogP contribution is 2.30. The molecule has 0 unspecified atom stereocenters. The molecule has 43 heavy (non-hydrogen) atoms. The zero-order valence-corrected chi connectivity index (χ0v) is 26.7. The molecule has 224 valence electrons. The molecule has 2 N–H and O–H groups in total. The first-order chi connectivity index (χ1) is 20.8. The number of anilines is 2. The summed E-state index contributed by atoms with van der Waals surface area (Å²) in [6.07, 6.45) is 4.90. The van der Waals surface area contributed by atoms with E-state index in [2.05, 4.69) is 62.6 Å². The topological polar surface area (TPSA) is 58.2 Å². The summed E-state index contributed by atoms with van der Waals surface area (Å²) in [5.74, 6) is 0.0402. The molecule has 0 atom stereocenters. The van der Waals surface area contributed by atoms with Gasteiger partial charge in [-0.15, -0.1) is 0 Å². The summed E-state index contributed by atoms with van der Waals surface area (Å²) in [6, 6.07) is 25.1. The smallest absolute Gasteiger partial charge is 0.228 e. The molecule has 4 aromatic rings. The first kappa shape index (κ1) is 31.7. The first-order valence-corrected chi connectivity index (χ1v) is 15.7. The van der Waals surface area contributed by atoms with Gasteiger partial charge in [0.05, 0.1) is 12.8 Å². The summed E-state index contributed by atoms with van der Waals surface area (Å²) in [4.78, 5) is 26.1. The lowest BCUT2D eigenvalue weighted by Crippen LogP contribution is -2.18. The van der Waals surface area contributed by atoms with Gasteiger partial charge in [-0.25, -0.2) is 0 Å². The maximum Gasteiger partial charge on any atom is 0.228 e. The maximum absolute atomic E-state index is 13.1. The normalized spacial score (nSPS) is 10.9. The second-order valence-corrected chi connectivity index (χ2v) is 11.5. The lowest BCUT2D eigenvalue weighted by molar-refractivity contribution is -0.116. The van der Waals surface area contributed by atoms with Crippen molar-refractivity contribution in [3.8, 4) is 0 Å². The summed E-state index contributed by atoms with van der Waals surface area (Å²) in [5.41, 5.74) is 13.4. The van der Waals surface area contributed by atoms with E-state index in [9.17, 15) is 9.59 Å². The Kier molecular flexibility index (Phi) is 10.9. The molecule has 0 aliphatic carbocycles. The Balaban J connectivity index is 1.56. The van der Waals surface area contributed by atoms with Crippen LogP contribution in [0.1, 0.15) is 83.3 Å².